The number of nitrogens with zero attached hydrogens (tertiary/aromatic N) is 2. The number of hydrogen-bond donors (Lipinski definition) is 1. The van der Waals surface area contributed by atoms with Gasteiger partial charge in [-0.3, -0.25) is 4.98 Å². The second kappa shape index (κ2) is 5.90. The van der Waals surface area contributed by atoms with Crippen LogP contribution in [0.4, 0.5) is 0 Å². The Morgan fingerprint density at radius 3 is 1.62 bits per heavy atom. The van der Waals surface area contributed by atoms with Crippen molar-refractivity contribution in [3.05, 3.63) is 31.5 Å². The van der Waals surface area contributed by atoms with Crippen LogP contribution in [0.25, 0.3) is 0 Å². The molecule has 0 fully saturated rings. The topological polar surface area (TPSA) is 76.9 Å². The van der Waals surface area contributed by atoms with Gasteiger partial charge in [0.15, 0.2) is 0 Å². The molecule has 0 atom stereocenters. The first-order valence-corrected chi connectivity index (χ1v) is 3.02. The van der Waals surface area contributed by atoms with Crippen molar-refractivity contribution in [2.24, 2.45) is 0 Å². The van der Waals surface area contributed by atoms with Gasteiger partial charge in [-0.15, -0.1) is 20.6 Å². The molecule has 0 bridgehead atoms. The van der Waals surface area contributed by atoms with Gasteiger partial charge >= 0.3 is 46.6 Å². The van der Waals surface area contributed by atoms with Gasteiger partial charge in [0.05, 0.1) is 0 Å². The van der Waals surface area contributed by atoms with E-state index in [1.165, 1.54) is 0 Å². The van der Waals surface area contributed by atoms with Gasteiger partial charge in [0, 0.05) is 23.6 Å². The van der Waals surface area contributed by atoms with Crippen LogP contribution in [0.3, 0.4) is 0 Å². The van der Waals surface area contributed by atoms with Crippen molar-refractivity contribution in [3.8, 4) is 0 Å². The number of aromatic amines is 1. The first-order valence-electron chi connectivity index (χ1n) is 2.34. The van der Waals surface area contributed by atoms with E-state index in [9.17, 15) is 14.4 Å². The van der Waals surface area contributed by atoms with E-state index in [2.05, 4.69) is 0 Å². The Morgan fingerprint density at radius 1 is 1.00 bits per heavy atom. The fourth-order valence-electron chi connectivity index (χ4n) is 0.440. The molecular weight excluding hydrogens is 255 g/mol. The van der Waals surface area contributed by atoms with E-state index < -0.39 is 17.1 Å². The summed E-state index contributed by atoms with van der Waals surface area (Å²) in [6, 6.07) is 0. The molecule has 0 aliphatic rings. The summed E-state index contributed by atoms with van der Waals surface area (Å²) in [5.74, 6) is 0. The van der Waals surface area contributed by atoms with Crippen molar-refractivity contribution >= 4 is 65.5 Å². The van der Waals surface area contributed by atoms with Gasteiger partial charge in [0.1, 0.15) is 0 Å². The molecule has 13 heavy (non-hydrogen) atoms. The van der Waals surface area contributed by atoms with Crippen LogP contribution >= 0.6 is 36.0 Å². The monoisotopic (exact) mass is 257 g/mol. The van der Waals surface area contributed by atoms with Crippen molar-refractivity contribution in [1.29, 1.82) is 0 Å². The fourth-order valence-corrected chi connectivity index (χ4v) is 0.715. The van der Waals surface area contributed by atoms with Gasteiger partial charge in [-0.2, -0.15) is 0 Å². The normalized spacial score (nSPS) is 8.46. The molecule has 0 saturated heterocycles. The van der Waals surface area contributed by atoms with E-state index in [1.807, 2.05) is 0 Å². The minimum absolute atomic E-state index is 0. The van der Waals surface area contributed by atoms with Crippen molar-refractivity contribution in [1.82, 2.24) is 13.2 Å². The molecule has 0 unspecified atom stereocenters. The standard InChI is InChI=1S/C3HCl2N3O3.ClH.Na.H/c4-7-1(9)6-2(10)8(5)3(7)11;;;/h(H,6,9,10);1H;;. The van der Waals surface area contributed by atoms with Gasteiger partial charge in [0.2, 0.25) is 0 Å². The third-order valence-electron chi connectivity index (χ3n) is 0.906. The van der Waals surface area contributed by atoms with E-state index in [0.717, 1.165) is 0 Å². The van der Waals surface area contributed by atoms with Gasteiger partial charge in [0.25, 0.3) is 0 Å². The molecule has 0 aliphatic carbocycles. The number of halogens is 3. The summed E-state index contributed by atoms with van der Waals surface area (Å²) in [7, 11) is 0. The van der Waals surface area contributed by atoms with Crippen LogP contribution < -0.4 is 17.1 Å². The molecule has 0 amide bonds. The maximum atomic E-state index is 10.7. The predicted molar refractivity (Wildman–Crippen MR) is 52.5 cm³/mol. The third kappa shape index (κ3) is 3.16. The zero-order valence-electron chi connectivity index (χ0n) is 5.28. The van der Waals surface area contributed by atoms with Crippen molar-refractivity contribution in [2.45, 2.75) is 0 Å². The Bertz CT molecular complexity index is 410. The Morgan fingerprint density at radius 2 is 1.31 bits per heavy atom. The second-order valence-corrected chi connectivity index (χ2v) is 2.26. The Balaban J connectivity index is 0. The molecule has 0 aromatic carbocycles. The molecule has 0 radical (unpaired) electrons. The summed E-state index contributed by atoms with van der Waals surface area (Å²) >= 11 is 10.1. The molecule has 1 aromatic heterocycles. The summed E-state index contributed by atoms with van der Waals surface area (Å²) in [5, 5.41) is 0. The van der Waals surface area contributed by atoms with E-state index in [-0.39, 0.29) is 50.1 Å². The second-order valence-electron chi connectivity index (χ2n) is 1.58. The van der Waals surface area contributed by atoms with Crippen LogP contribution in [0.5, 0.6) is 0 Å². The van der Waals surface area contributed by atoms with Crippen molar-refractivity contribution in [2.75, 3.05) is 0 Å². The number of H-pyrrole nitrogens is 1. The molecule has 70 valence electrons. The Hall–Kier alpha value is 0.280. The molecule has 1 heterocycles. The van der Waals surface area contributed by atoms with Crippen LogP contribution in [0.1, 0.15) is 0 Å². The SMILES string of the molecule is Cl.O=c1[nH]c(=O)n(Cl)c(=O)n1Cl.[NaH]. The van der Waals surface area contributed by atoms with Gasteiger partial charge < -0.3 is 0 Å². The summed E-state index contributed by atoms with van der Waals surface area (Å²) in [6.07, 6.45) is 0. The number of rotatable bonds is 0. The van der Waals surface area contributed by atoms with Crippen LogP contribution in [-0.4, -0.2) is 42.7 Å². The Kier molecular flexibility index (Phi) is 7.14. The third-order valence-corrected chi connectivity index (χ3v) is 1.50. The Labute approximate surface area is 109 Å². The summed E-state index contributed by atoms with van der Waals surface area (Å²) in [5.41, 5.74) is -3.13. The van der Waals surface area contributed by atoms with Crippen molar-refractivity contribution in [3.63, 3.8) is 0 Å². The molecule has 1 rings (SSSR count). The van der Waals surface area contributed by atoms with Gasteiger partial charge in [-0.1, -0.05) is 0 Å². The predicted octanol–water partition coefficient (Wildman–Crippen LogP) is -1.52. The van der Waals surface area contributed by atoms with Crippen LogP contribution in [-0.2, 0) is 0 Å². The van der Waals surface area contributed by atoms with Gasteiger partial charge in [-0.25, -0.2) is 14.4 Å². The molecular formula is C3H3Cl3N3NaO3. The molecule has 0 aliphatic heterocycles. The minimum atomic E-state index is -1.10. The maximum absolute atomic E-state index is 10.7. The first kappa shape index (κ1) is 15.7. The molecule has 0 saturated carbocycles. The average molecular weight is 258 g/mol. The number of hydrogen-bond acceptors (Lipinski definition) is 3. The zero-order valence-corrected chi connectivity index (χ0v) is 7.61. The van der Waals surface area contributed by atoms with E-state index >= 15 is 0 Å². The molecule has 10 heteroatoms. The average Bonchev–Trinajstić information content (AvgIpc) is 1.97. The first-order chi connectivity index (χ1) is 5.04. The quantitative estimate of drug-likeness (QED) is 0.574. The number of nitrogens with one attached hydrogen (secondary N) is 1. The molecule has 1 aromatic rings. The molecule has 6 nitrogen and oxygen atoms in total. The van der Waals surface area contributed by atoms with E-state index in [0.29, 0.717) is 0 Å². The summed E-state index contributed by atoms with van der Waals surface area (Å²) < 4.78 is 0.322. The summed E-state index contributed by atoms with van der Waals surface area (Å²) in [6.45, 7) is 0. The zero-order chi connectivity index (χ0) is 8.59. The molecule has 1 N–H and O–H groups in total. The summed E-state index contributed by atoms with van der Waals surface area (Å²) in [4.78, 5) is 33.4. The van der Waals surface area contributed by atoms with E-state index in [4.69, 9.17) is 23.6 Å². The van der Waals surface area contributed by atoms with Crippen LogP contribution in [0.2, 0.25) is 0 Å². The van der Waals surface area contributed by atoms with Crippen LogP contribution in [0, 0.1) is 0 Å². The van der Waals surface area contributed by atoms with E-state index in [1.54, 1.807) is 4.98 Å². The van der Waals surface area contributed by atoms with Gasteiger partial charge in [-0.05, 0) is 0 Å². The van der Waals surface area contributed by atoms with Crippen LogP contribution in [0.15, 0.2) is 14.4 Å². The molecule has 0 spiro atoms. The number of aromatic nitrogens is 3. The van der Waals surface area contributed by atoms with Crippen molar-refractivity contribution < 1.29 is 0 Å². The fraction of sp³-hybridized carbons (Fsp3) is 0.